The molecule has 0 radical (unpaired) electrons. The van der Waals surface area contributed by atoms with Crippen molar-refractivity contribution in [3.8, 4) is 0 Å². The van der Waals surface area contributed by atoms with Crippen molar-refractivity contribution in [2.24, 2.45) is 12.8 Å². The predicted octanol–water partition coefficient (Wildman–Crippen LogP) is 0.827. The average Bonchev–Trinajstić information content (AvgIpc) is 3.06. The van der Waals surface area contributed by atoms with Gasteiger partial charge in [-0.05, 0) is 33.6 Å². The van der Waals surface area contributed by atoms with Gasteiger partial charge in [0.2, 0.25) is 5.95 Å². The SMILES string of the molecule is CCOCCn1c(=O)n(C)c(=O)c2c1nc(N1CCCC(N)C1)n2CC=C(C)C. The van der Waals surface area contributed by atoms with Crippen LogP contribution in [0.2, 0.25) is 0 Å². The summed E-state index contributed by atoms with van der Waals surface area (Å²) in [5.74, 6) is 0.695. The van der Waals surface area contributed by atoms with Crippen LogP contribution in [0.1, 0.15) is 33.6 Å². The standard InChI is InChI=1S/C20H32N6O3/c1-5-29-12-11-26-17-16(18(27)23(4)20(26)28)25(10-8-14(2)3)19(22-17)24-9-6-7-15(21)13-24/h8,15H,5-7,9-13,21H2,1-4H3. The number of allylic oxidation sites excluding steroid dienone is 2. The summed E-state index contributed by atoms with van der Waals surface area (Å²) in [4.78, 5) is 32.8. The van der Waals surface area contributed by atoms with Gasteiger partial charge in [-0.2, -0.15) is 4.98 Å². The minimum Gasteiger partial charge on any atom is -0.380 e. The molecule has 0 spiro atoms. The fourth-order valence-corrected chi connectivity index (χ4v) is 3.73. The Hall–Kier alpha value is -2.39. The Labute approximate surface area is 170 Å². The van der Waals surface area contributed by atoms with Gasteiger partial charge in [0.25, 0.3) is 5.56 Å². The van der Waals surface area contributed by atoms with E-state index < -0.39 is 0 Å². The summed E-state index contributed by atoms with van der Waals surface area (Å²) < 4.78 is 10.0. The highest BCUT2D eigenvalue weighted by atomic mass is 16.5. The lowest BCUT2D eigenvalue weighted by molar-refractivity contribution is 0.138. The first-order chi connectivity index (χ1) is 13.8. The molecule has 3 heterocycles. The van der Waals surface area contributed by atoms with Crippen LogP contribution in [0, 0.1) is 0 Å². The maximum Gasteiger partial charge on any atom is 0.332 e. The van der Waals surface area contributed by atoms with Gasteiger partial charge >= 0.3 is 5.69 Å². The Morgan fingerprint density at radius 2 is 2.07 bits per heavy atom. The van der Waals surface area contributed by atoms with Crippen LogP contribution < -0.4 is 21.9 Å². The van der Waals surface area contributed by atoms with E-state index >= 15 is 0 Å². The number of anilines is 1. The summed E-state index contributed by atoms with van der Waals surface area (Å²) in [6.45, 7) is 9.26. The molecule has 0 aliphatic carbocycles. The first kappa shape index (κ1) is 21.3. The lowest BCUT2D eigenvalue weighted by Gasteiger charge is -2.31. The van der Waals surface area contributed by atoms with Crippen LogP contribution in [0.3, 0.4) is 0 Å². The van der Waals surface area contributed by atoms with Crippen LogP contribution in [0.5, 0.6) is 0 Å². The summed E-state index contributed by atoms with van der Waals surface area (Å²) in [7, 11) is 1.51. The largest absolute Gasteiger partial charge is 0.380 e. The number of fused-ring (bicyclic) bond motifs is 1. The van der Waals surface area contributed by atoms with Crippen molar-refractivity contribution in [3.05, 3.63) is 32.5 Å². The summed E-state index contributed by atoms with van der Waals surface area (Å²) in [5, 5.41) is 0. The molecule has 3 rings (SSSR count). The normalized spacial score (nSPS) is 17.1. The Balaban J connectivity index is 2.23. The van der Waals surface area contributed by atoms with Gasteiger partial charge in [-0.25, -0.2) is 4.79 Å². The molecule has 2 N–H and O–H groups in total. The van der Waals surface area contributed by atoms with E-state index in [1.54, 1.807) is 4.57 Å². The fraction of sp³-hybridized carbons (Fsp3) is 0.650. The Kier molecular flexibility index (Phi) is 6.59. The minimum absolute atomic E-state index is 0.0726. The molecule has 9 heteroatoms. The summed E-state index contributed by atoms with van der Waals surface area (Å²) >= 11 is 0. The first-order valence-corrected chi connectivity index (χ1v) is 10.3. The molecule has 0 saturated carbocycles. The third-order valence-electron chi connectivity index (χ3n) is 5.30. The molecular weight excluding hydrogens is 372 g/mol. The Bertz CT molecular complexity index is 1010. The van der Waals surface area contributed by atoms with E-state index in [1.165, 1.54) is 7.05 Å². The van der Waals surface area contributed by atoms with Crippen molar-refractivity contribution < 1.29 is 4.74 Å². The number of hydrogen-bond donors (Lipinski definition) is 1. The molecule has 0 amide bonds. The fourth-order valence-electron chi connectivity index (χ4n) is 3.73. The van der Waals surface area contributed by atoms with Gasteiger partial charge in [0.1, 0.15) is 0 Å². The molecule has 0 bridgehead atoms. The van der Waals surface area contributed by atoms with Gasteiger partial charge in [0.05, 0.1) is 13.2 Å². The van der Waals surface area contributed by atoms with Gasteiger partial charge in [0.15, 0.2) is 11.2 Å². The van der Waals surface area contributed by atoms with E-state index in [0.29, 0.717) is 50.0 Å². The molecule has 2 aromatic rings. The second-order valence-electron chi connectivity index (χ2n) is 7.82. The van der Waals surface area contributed by atoms with Crippen molar-refractivity contribution in [1.82, 2.24) is 18.7 Å². The van der Waals surface area contributed by atoms with E-state index in [2.05, 4.69) is 11.0 Å². The topological polar surface area (TPSA) is 100 Å². The second kappa shape index (κ2) is 8.96. The molecule has 29 heavy (non-hydrogen) atoms. The molecular formula is C20H32N6O3. The summed E-state index contributed by atoms with van der Waals surface area (Å²) in [5.41, 5.74) is 7.48. The predicted molar refractivity (Wildman–Crippen MR) is 115 cm³/mol. The quantitative estimate of drug-likeness (QED) is 0.542. The van der Waals surface area contributed by atoms with Gasteiger partial charge in [-0.3, -0.25) is 13.9 Å². The zero-order valence-electron chi connectivity index (χ0n) is 17.8. The number of hydrogen-bond acceptors (Lipinski definition) is 6. The maximum absolute atomic E-state index is 13.1. The molecule has 1 fully saturated rings. The molecule has 1 unspecified atom stereocenters. The average molecular weight is 405 g/mol. The monoisotopic (exact) mass is 404 g/mol. The number of aromatic nitrogens is 4. The molecule has 1 saturated heterocycles. The maximum atomic E-state index is 13.1. The highest BCUT2D eigenvalue weighted by Gasteiger charge is 2.26. The Morgan fingerprint density at radius 3 is 2.72 bits per heavy atom. The Morgan fingerprint density at radius 1 is 1.31 bits per heavy atom. The third-order valence-corrected chi connectivity index (χ3v) is 5.30. The first-order valence-electron chi connectivity index (χ1n) is 10.3. The van der Waals surface area contributed by atoms with Gasteiger partial charge in [-0.1, -0.05) is 11.6 Å². The van der Waals surface area contributed by atoms with Gasteiger partial charge < -0.3 is 19.9 Å². The number of rotatable bonds is 7. The van der Waals surface area contributed by atoms with Crippen molar-refractivity contribution in [1.29, 1.82) is 0 Å². The summed E-state index contributed by atoms with van der Waals surface area (Å²) in [6, 6.07) is 0.0726. The highest BCUT2D eigenvalue weighted by molar-refractivity contribution is 5.75. The molecule has 9 nitrogen and oxygen atoms in total. The van der Waals surface area contributed by atoms with Crippen LogP contribution in [0.25, 0.3) is 11.2 Å². The molecule has 1 atom stereocenters. The van der Waals surface area contributed by atoms with Crippen LogP contribution in [-0.2, 0) is 24.9 Å². The van der Waals surface area contributed by atoms with Crippen molar-refractivity contribution in [3.63, 3.8) is 0 Å². The highest BCUT2D eigenvalue weighted by Crippen LogP contribution is 2.23. The van der Waals surface area contributed by atoms with E-state index in [9.17, 15) is 9.59 Å². The van der Waals surface area contributed by atoms with Crippen molar-refractivity contribution >= 4 is 17.1 Å². The number of imidazole rings is 1. The lowest BCUT2D eigenvalue weighted by Crippen LogP contribution is -2.44. The number of nitrogens with two attached hydrogens (primary N) is 1. The van der Waals surface area contributed by atoms with Crippen molar-refractivity contribution in [2.45, 2.75) is 52.7 Å². The zero-order valence-corrected chi connectivity index (χ0v) is 17.8. The van der Waals surface area contributed by atoms with Crippen LogP contribution in [0.4, 0.5) is 5.95 Å². The van der Waals surface area contributed by atoms with Crippen LogP contribution in [-0.4, -0.2) is 51.0 Å². The minimum atomic E-state index is -0.379. The number of ether oxygens (including phenoxy) is 1. The van der Waals surface area contributed by atoms with E-state index in [4.69, 9.17) is 15.5 Å². The van der Waals surface area contributed by atoms with E-state index in [1.807, 2.05) is 25.3 Å². The van der Waals surface area contributed by atoms with Gasteiger partial charge in [-0.15, -0.1) is 0 Å². The zero-order chi connectivity index (χ0) is 21.1. The van der Waals surface area contributed by atoms with Crippen LogP contribution in [0.15, 0.2) is 21.2 Å². The molecule has 1 aliphatic rings. The number of nitrogens with zero attached hydrogens (tertiary/aromatic N) is 5. The van der Waals surface area contributed by atoms with E-state index in [0.717, 1.165) is 29.5 Å². The second-order valence-corrected chi connectivity index (χ2v) is 7.82. The molecule has 1 aliphatic heterocycles. The molecule has 0 aromatic carbocycles. The van der Waals surface area contributed by atoms with Crippen LogP contribution >= 0.6 is 0 Å². The number of piperidine rings is 1. The van der Waals surface area contributed by atoms with E-state index in [-0.39, 0.29) is 17.3 Å². The molecule has 160 valence electrons. The van der Waals surface area contributed by atoms with Crippen molar-refractivity contribution in [2.75, 3.05) is 31.2 Å². The molecule has 2 aromatic heterocycles. The lowest BCUT2D eigenvalue weighted by atomic mass is 10.1. The van der Waals surface area contributed by atoms with Gasteiger partial charge in [0, 0.05) is 39.3 Å². The smallest absolute Gasteiger partial charge is 0.332 e. The summed E-state index contributed by atoms with van der Waals surface area (Å²) in [6.07, 6.45) is 4.01. The third kappa shape index (κ3) is 4.30.